The van der Waals surface area contributed by atoms with Crippen LogP contribution in [0.2, 0.25) is 0 Å². The number of ether oxygens (including phenoxy) is 1. The van der Waals surface area contributed by atoms with E-state index in [1.165, 1.54) is 0 Å². The third kappa shape index (κ3) is 1.52. The van der Waals surface area contributed by atoms with Gasteiger partial charge in [0.15, 0.2) is 6.10 Å². The Kier molecular flexibility index (Phi) is 2.26. The number of carbonyl (C=O) groups is 1. The van der Waals surface area contributed by atoms with E-state index in [1.807, 2.05) is 6.92 Å². The van der Waals surface area contributed by atoms with Crippen molar-refractivity contribution in [1.82, 2.24) is 0 Å². The predicted octanol–water partition coefficient (Wildman–Crippen LogP) is 1.40. The smallest absolute Gasteiger partial charge is 0.267 e. The summed E-state index contributed by atoms with van der Waals surface area (Å²) < 4.78 is 5.48. The van der Waals surface area contributed by atoms with Gasteiger partial charge in [0.25, 0.3) is 5.91 Å². The second kappa shape index (κ2) is 3.46. The molecule has 1 heterocycles. The molecule has 0 radical (unpaired) electrons. The van der Waals surface area contributed by atoms with Crippen LogP contribution in [-0.2, 0) is 4.79 Å². The van der Waals surface area contributed by atoms with Gasteiger partial charge in [-0.25, -0.2) is 0 Å². The molecule has 1 atom stereocenters. The highest BCUT2D eigenvalue weighted by molar-refractivity contribution is 6.00. The van der Waals surface area contributed by atoms with E-state index in [0.29, 0.717) is 12.2 Å². The Morgan fingerprint density at radius 3 is 2.93 bits per heavy atom. The lowest BCUT2D eigenvalue weighted by Crippen LogP contribution is -2.44. The number of nitrogens with two attached hydrogens (primary N) is 1. The fourth-order valence-electron chi connectivity index (χ4n) is 1.75. The first kappa shape index (κ1) is 9.83. The third-order valence-electron chi connectivity index (χ3n) is 2.51. The van der Waals surface area contributed by atoms with Crippen molar-refractivity contribution in [2.24, 2.45) is 0 Å². The molecule has 0 aromatic heterocycles. The minimum atomic E-state index is -0.416. The molecule has 1 aromatic carbocycles. The molecule has 1 aliphatic rings. The summed E-state index contributed by atoms with van der Waals surface area (Å²) in [6.07, 6.45) is -0.416. The summed E-state index contributed by atoms with van der Waals surface area (Å²) >= 11 is 0. The van der Waals surface area contributed by atoms with Gasteiger partial charge in [0.2, 0.25) is 0 Å². The zero-order valence-electron chi connectivity index (χ0n) is 8.86. The second-order valence-electron chi connectivity index (χ2n) is 3.57. The average molecular weight is 206 g/mol. The van der Waals surface area contributed by atoms with Gasteiger partial charge in [0.1, 0.15) is 5.75 Å². The normalized spacial score (nSPS) is 19.7. The van der Waals surface area contributed by atoms with Crippen LogP contribution in [0, 0.1) is 0 Å². The van der Waals surface area contributed by atoms with Crippen LogP contribution in [0.15, 0.2) is 18.2 Å². The minimum Gasteiger partial charge on any atom is -0.479 e. The van der Waals surface area contributed by atoms with Crippen LogP contribution in [0.1, 0.15) is 13.8 Å². The fourth-order valence-corrected chi connectivity index (χ4v) is 1.75. The summed E-state index contributed by atoms with van der Waals surface area (Å²) in [5.74, 6) is 0.703. The number of rotatable bonds is 1. The predicted molar refractivity (Wildman–Crippen MR) is 59.0 cm³/mol. The number of anilines is 2. The van der Waals surface area contributed by atoms with Gasteiger partial charge >= 0.3 is 0 Å². The van der Waals surface area contributed by atoms with Crippen LogP contribution in [-0.4, -0.2) is 18.6 Å². The van der Waals surface area contributed by atoms with Gasteiger partial charge in [-0.15, -0.1) is 0 Å². The van der Waals surface area contributed by atoms with Crippen LogP contribution in [0.5, 0.6) is 5.75 Å². The van der Waals surface area contributed by atoms with Gasteiger partial charge in [0, 0.05) is 12.2 Å². The highest BCUT2D eigenvalue weighted by Crippen LogP contribution is 2.35. The number of nitrogen functional groups attached to an aromatic ring is 1. The molecule has 80 valence electrons. The van der Waals surface area contributed by atoms with Crippen LogP contribution in [0.25, 0.3) is 0 Å². The molecule has 4 nitrogen and oxygen atoms in total. The maximum atomic E-state index is 11.8. The number of fused-ring (bicyclic) bond motifs is 1. The number of hydrogen-bond acceptors (Lipinski definition) is 3. The lowest BCUT2D eigenvalue weighted by atomic mass is 10.1. The average Bonchev–Trinajstić information content (AvgIpc) is 2.21. The zero-order valence-corrected chi connectivity index (χ0v) is 8.86. The highest BCUT2D eigenvalue weighted by Gasteiger charge is 2.30. The first-order chi connectivity index (χ1) is 7.13. The molecule has 2 N–H and O–H groups in total. The fraction of sp³-hybridized carbons (Fsp3) is 0.364. The topological polar surface area (TPSA) is 55.6 Å². The van der Waals surface area contributed by atoms with E-state index in [9.17, 15) is 4.79 Å². The Hall–Kier alpha value is -1.71. The Bertz CT molecular complexity index is 404. The van der Waals surface area contributed by atoms with Crippen molar-refractivity contribution in [3.63, 3.8) is 0 Å². The summed E-state index contributed by atoms with van der Waals surface area (Å²) in [4.78, 5) is 13.5. The standard InChI is InChI=1S/C11H14N2O2/c1-3-13-9-6-8(12)4-5-10(9)15-7(2)11(13)14/h4-7H,3,12H2,1-2H3. The number of nitrogens with zero attached hydrogens (tertiary/aromatic N) is 1. The third-order valence-corrected chi connectivity index (χ3v) is 2.51. The summed E-state index contributed by atoms with van der Waals surface area (Å²) in [5, 5.41) is 0. The van der Waals surface area contributed by atoms with Gasteiger partial charge in [-0.05, 0) is 32.0 Å². The molecule has 2 rings (SSSR count). The summed E-state index contributed by atoms with van der Waals surface area (Å²) in [6, 6.07) is 5.34. The van der Waals surface area contributed by atoms with Gasteiger partial charge in [-0.2, -0.15) is 0 Å². The number of carbonyl (C=O) groups excluding carboxylic acids is 1. The maximum Gasteiger partial charge on any atom is 0.267 e. The summed E-state index contributed by atoms with van der Waals surface area (Å²) in [7, 11) is 0. The molecular weight excluding hydrogens is 192 g/mol. The molecule has 1 aromatic rings. The first-order valence-electron chi connectivity index (χ1n) is 5.01. The lowest BCUT2D eigenvalue weighted by Gasteiger charge is -2.32. The molecule has 1 amide bonds. The van der Waals surface area contributed by atoms with Crippen LogP contribution in [0.3, 0.4) is 0 Å². The molecule has 0 fully saturated rings. The van der Waals surface area contributed by atoms with Gasteiger partial charge in [-0.3, -0.25) is 4.79 Å². The molecule has 15 heavy (non-hydrogen) atoms. The molecular formula is C11H14N2O2. The van der Waals surface area contributed by atoms with E-state index in [-0.39, 0.29) is 5.91 Å². The number of benzene rings is 1. The van der Waals surface area contributed by atoms with Crippen molar-refractivity contribution < 1.29 is 9.53 Å². The second-order valence-corrected chi connectivity index (χ2v) is 3.57. The first-order valence-corrected chi connectivity index (χ1v) is 5.01. The number of hydrogen-bond donors (Lipinski definition) is 1. The molecule has 0 saturated heterocycles. The SMILES string of the molecule is CCN1C(=O)C(C)Oc2ccc(N)cc21. The molecule has 1 aliphatic heterocycles. The summed E-state index contributed by atoms with van der Waals surface area (Å²) in [6.45, 7) is 4.32. The van der Waals surface area contributed by atoms with Crippen LogP contribution >= 0.6 is 0 Å². The van der Waals surface area contributed by atoms with Crippen molar-refractivity contribution in [2.45, 2.75) is 20.0 Å². The van der Waals surface area contributed by atoms with E-state index >= 15 is 0 Å². The van der Waals surface area contributed by atoms with E-state index in [0.717, 1.165) is 11.4 Å². The van der Waals surface area contributed by atoms with Crippen LogP contribution < -0.4 is 15.4 Å². The van der Waals surface area contributed by atoms with Crippen molar-refractivity contribution >= 4 is 17.3 Å². The quantitative estimate of drug-likeness (QED) is 0.707. The van der Waals surface area contributed by atoms with Crippen molar-refractivity contribution in [3.8, 4) is 5.75 Å². The highest BCUT2D eigenvalue weighted by atomic mass is 16.5. The monoisotopic (exact) mass is 206 g/mol. The van der Waals surface area contributed by atoms with Crippen molar-refractivity contribution in [3.05, 3.63) is 18.2 Å². The lowest BCUT2D eigenvalue weighted by molar-refractivity contribution is -0.125. The Labute approximate surface area is 88.6 Å². The number of amides is 1. The molecule has 0 aliphatic carbocycles. The minimum absolute atomic E-state index is 0.0180. The van der Waals surface area contributed by atoms with Crippen LogP contribution in [0.4, 0.5) is 11.4 Å². The maximum absolute atomic E-state index is 11.8. The zero-order chi connectivity index (χ0) is 11.0. The molecule has 4 heteroatoms. The number of likely N-dealkylation sites (N-methyl/N-ethyl adjacent to an activating group) is 1. The molecule has 0 spiro atoms. The van der Waals surface area contributed by atoms with Gasteiger partial charge in [0.05, 0.1) is 5.69 Å². The Balaban J connectivity index is 2.51. The van der Waals surface area contributed by atoms with E-state index in [1.54, 1.807) is 30.0 Å². The summed E-state index contributed by atoms with van der Waals surface area (Å²) in [5.41, 5.74) is 7.09. The Morgan fingerprint density at radius 2 is 2.27 bits per heavy atom. The van der Waals surface area contributed by atoms with Crippen molar-refractivity contribution in [2.75, 3.05) is 17.2 Å². The van der Waals surface area contributed by atoms with E-state index < -0.39 is 6.10 Å². The molecule has 1 unspecified atom stereocenters. The molecule has 0 saturated carbocycles. The Morgan fingerprint density at radius 1 is 1.53 bits per heavy atom. The van der Waals surface area contributed by atoms with Gasteiger partial charge < -0.3 is 15.4 Å². The van der Waals surface area contributed by atoms with E-state index in [4.69, 9.17) is 10.5 Å². The van der Waals surface area contributed by atoms with Gasteiger partial charge in [-0.1, -0.05) is 0 Å². The van der Waals surface area contributed by atoms with Crippen molar-refractivity contribution in [1.29, 1.82) is 0 Å². The molecule has 0 bridgehead atoms. The largest absolute Gasteiger partial charge is 0.479 e. The van der Waals surface area contributed by atoms with E-state index in [2.05, 4.69) is 0 Å².